The van der Waals surface area contributed by atoms with E-state index in [1.165, 1.54) is 18.9 Å². The Morgan fingerprint density at radius 1 is 1.05 bits per heavy atom. The van der Waals surface area contributed by atoms with Gasteiger partial charge in [0.15, 0.2) is 6.10 Å². The van der Waals surface area contributed by atoms with Gasteiger partial charge >= 0.3 is 12.0 Å². The lowest BCUT2D eigenvalue weighted by molar-refractivity contribution is -0.149. The fraction of sp³-hybridized carbons (Fsp3) is 0.481. The number of amides is 2. The number of anilines is 1. The summed E-state index contributed by atoms with van der Waals surface area (Å²) in [5.74, 6) is -2.84. The maximum Gasteiger partial charge on any atom is 0.333 e. The van der Waals surface area contributed by atoms with Gasteiger partial charge in [-0.2, -0.15) is 0 Å². The van der Waals surface area contributed by atoms with Crippen molar-refractivity contribution in [1.29, 1.82) is 0 Å². The first-order chi connectivity index (χ1) is 18.2. The van der Waals surface area contributed by atoms with E-state index < -0.39 is 30.6 Å². The summed E-state index contributed by atoms with van der Waals surface area (Å²) in [6.45, 7) is 3.00. The number of carbonyl (C=O) groups excluding carboxylic acids is 1. The van der Waals surface area contributed by atoms with Gasteiger partial charge in [-0.1, -0.05) is 25.1 Å². The molecule has 0 bridgehead atoms. The molecule has 0 spiro atoms. The van der Waals surface area contributed by atoms with Gasteiger partial charge in [0.25, 0.3) is 5.92 Å². The highest BCUT2D eigenvalue weighted by atomic mass is 19.3. The summed E-state index contributed by atoms with van der Waals surface area (Å²) in [5, 5.41) is 12.0. The third kappa shape index (κ3) is 10.9. The lowest BCUT2D eigenvalue weighted by Crippen LogP contribution is -2.40. The fourth-order valence-electron chi connectivity index (χ4n) is 3.34. The summed E-state index contributed by atoms with van der Waals surface area (Å²) in [6.07, 6.45) is -1.04. The number of ether oxygens (including phenoxy) is 4. The van der Waals surface area contributed by atoms with Gasteiger partial charge in [0, 0.05) is 37.7 Å². The Balaban J connectivity index is 1.95. The van der Waals surface area contributed by atoms with Crippen molar-refractivity contribution in [1.82, 2.24) is 4.90 Å². The summed E-state index contributed by atoms with van der Waals surface area (Å²) in [7, 11) is 1.52. The number of carboxylic acids is 1. The molecule has 1 atom stereocenters. The van der Waals surface area contributed by atoms with Gasteiger partial charge < -0.3 is 34.3 Å². The lowest BCUT2D eigenvalue weighted by atomic mass is 10.1. The standard InChI is InChI=1S/C27H36F2N2O7/c1-4-27(28,29)19-36-15-13-31(26(34)30-21-7-6-8-23(18-21)35-3)14-16-38-22-11-9-20(10-12-22)17-24(25(32)33)37-5-2/h6-12,18,24H,4-5,13-17,19H2,1-3H3,(H,30,34)(H,32,33). The van der Waals surface area contributed by atoms with E-state index in [0.29, 0.717) is 23.8 Å². The summed E-state index contributed by atoms with van der Waals surface area (Å²) in [6, 6.07) is 13.3. The van der Waals surface area contributed by atoms with Crippen LogP contribution in [0.4, 0.5) is 19.3 Å². The van der Waals surface area contributed by atoms with Crippen molar-refractivity contribution < 1.29 is 42.4 Å². The first kappa shape index (κ1) is 30.8. The molecule has 0 saturated carbocycles. The molecule has 0 heterocycles. The molecule has 2 aromatic rings. The number of nitrogens with one attached hydrogen (secondary N) is 1. The molecule has 1 unspecified atom stereocenters. The molecule has 0 aromatic heterocycles. The maximum atomic E-state index is 13.5. The molecule has 210 valence electrons. The number of methoxy groups -OCH3 is 1. The third-order valence-corrected chi connectivity index (χ3v) is 5.56. The van der Waals surface area contributed by atoms with E-state index in [1.54, 1.807) is 55.5 Å². The molecule has 0 fully saturated rings. The maximum absolute atomic E-state index is 13.5. The highest BCUT2D eigenvalue weighted by Crippen LogP contribution is 2.19. The normalized spacial score (nSPS) is 12.0. The van der Waals surface area contributed by atoms with Crippen LogP contribution in [-0.4, -0.2) is 80.7 Å². The first-order valence-corrected chi connectivity index (χ1v) is 12.4. The van der Waals surface area contributed by atoms with Crippen molar-refractivity contribution in [3.05, 3.63) is 54.1 Å². The summed E-state index contributed by atoms with van der Waals surface area (Å²) >= 11 is 0. The largest absolute Gasteiger partial charge is 0.497 e. The Hall–Kier alpha value is -3.44. The van der Waals surface area contributed by atoms with Gasteiger partial charge in [-0.25, -0.2) is 18.4 Å². The number of carbonyl (C=O) groups is 2. The van der Waals surface area contributed by atoms with Crippen LogP contribution >= 0.6 is 0 Å². The number of hydrogen-bond donors (Lipinski definition) is 2. The number of nitrogens with zero attached hydrogens (tertiary/aromatic N) is 1. The number of rotatable bonds is 17. The minimum Gasteiger partial charge on any atom is -0.497 e. The second-order valence-electron chi connectivity index (χ2n) is 8.39. The number of halogens is 2. The number of benzene rings is 2. The van der Waals surface area contributed by atoms with Crippen molar-refractivity contribution in [2.45, 2.75) is 38.7 Å². The van der Waals surface area contributed by atoms with Gasteiger partial charge in [0.2, 0.25) is 0 Å². The fourth-order valence-corrected chi connectivity index (χ4v) is 3.34. The zero-order valence-corrected chi connectivity index (χ0v) is 22.0. The van der Waals surface area contributed by atoms with Crippen molar-refractivity contribution in [3.8, 4) is 11.5 Å². The topological polar surface area (TPSA) is 107 Å². The van der Waals surface area contributed by atoms with E-state index in [-0.39, 0.29) is 39.1 Å². The van der Waals surface area contributed by atoms with E-state index in [4.69, 9.17) is 18.9 Å². The van der Waals surface area contributed by atoms with Crippen LogP contribution in [0.5, 0.6) is 11.5 Å². The van der Waals surface area contributed by atoms with Crippen LogP contribution in [0.3, 0.4) is 0 Å². The minimum absolute atomic E-state index is 0.0691. The van der Waals surface area contributed by atoms with E-state index in [2.05, 4.69) is 5.32 Å². The van der Waals surface area contributed by atoms with Crippen molar-refractivity contribution in [3.63, 3.8) is 0 Å². The molecule has 2 N–H and O–H groups in total. The summed E-state index contributed by atoms with van der Waals surface area (Å²) in [4.78, 5) is 25.6. The molecule has 2 aromatic carbocycles. The highest BCUT2D eigenvalue weighted by molar-refractivity contribution is 5.89. The van der Waals surface area contributed by atoms with Crippen molar-refractivity contribution in [2.75, 3.05) is 51.9 Å². The molecule has 38 heavy (non-hydrogen) atoms. The van der Waals surface area contributed by atoms with Crippen LogP contribution in [0.25, 0.3) is 0 Å². The number of aliphatic carboxylic acids is 1. The average Bonchev–Trinajstić information content (AvgIpc) is 2.90. The van der Waals surface area contributed by atoms with Crippen LogP contribution in [0.1, 0.15) is 25.8 Å². The second kappa shape index (κ2) is 15.7. The number of hydrogen-bond acceptors (Lipinski definition) is 6. The molecule has 0 saturated heterocycles. The van der Waals surface area contributed by atoms with Gasteiger partial charge in [-0.05, 0) is 36.8 Å². The van der Waals surface area contributed by atoms with E-state index in [1.807, 2.05) is 0 Å². The molecule has 11 heteroatoms. The number of alkyl halides is 2. The van der Waals surface area contributed by atoms with Crippen LogP contribution in [-0.2, 0) is 20.7 Å². The molecule has 2 amide bonds. The zero-order chi connectivity index (χ0) is 28.0. The molecule has 9 nitrogen and oxygen atoms in total. The van der Waals surface area contributed by atoms with Crippen LogP contribution in [0.2, 0.25) is 0 Å². The SMILES string of the molecule is CCOC(Cc1ccc(OCCN(CCOCC(F)(F)CC)C(=O)Nc2cccc(OC)c2)cc1)C(=O)O. The number of carboxylic acid groups (broad SMARTS) is 1. The predicted octanol–water partition coefficient (Wildman–Crippen LogP) is 4.70. The Morgan fingerprint density at radius 2 is 1.76 bits per heavy atom. The quantitative estimate of drug-likeness (QED) is 0.281. The Bertz CT molecular complexity index is 1010. The average molecular weight is 539 g/mol. The highest BCUT2D eigenvalue weighted by Gasteiger charge is 2.26. The molecule has 0 radical (unpaired) electrons. The minimum atomic E-state index is -2.92. The zero-order valence-electron chi connectivity index (χ0n) is 22.0. The van der Waals surface area contributed by atoms with Crippen molar-refractivity contribution >= 4 is 17.7 Å². The van der Waals surface area contributed by atoms with E-state index in [9.17, 15) is 23.5 Å². The van der Waals surface area contributed by atoms with Gasteiger partial charge in [0.05, 0.1) is 20.3 Å². The van der Waals surface area contributed by atoms with Crippen LogP contribution < -0.4 is 14.8 Å². The summed E-state index contributed by atoms with van der Waals surface area (Å²) < 4.78 is 48.2. The summed E-state index contributed by atoms with van der Waals surface area (Å²) in [5.41, 5.74) is 1.29. The Labute approximate surface area is 221 Å². The predicted molar refractivity (Wildman–Crippen MR) is 138 cm³/mol. The Kier molecular flexibility index (Phi) is 12.7. The van der Waals surface area contributed by atoms with Crippen LogP contribution in [0, 0.1) is 0 Å². The monoisotopic (exact) mass is 538 g/mol. The molecular formula is C27H36F2N2O7. The van der Waals surface area contributed by atoms with Gasteiger partial charge in [-0.3, -0.25) is 0 Å². The molecule has 0 aliphatic heterocycles. The lowest BCUT2D eigenvalue weighted by Gasteiger charge is -2.24. The Morgan fingerprint density at radius 3 is 2.39 bits per heavy atom. The molecule has 0 aliphatic carbocycles. The van der Waals surface area contributed by atoms with Crippen LogP contribution in [0.15, 0.2) is 48.5 Å². The second-order valence-corrected chi connectivity index (χ2v) is 8.39. The van der Waals surface area contributed by atoms with Gasteiger partial charge in [0.1, 0.15) is 24.7 Å². The smallest absolute Gasteiger partial charge is 0.333 e. The molecule has 2 rings (SSSR count). The molecular weight excluding hydrogens is 502 g/mol. The first-order valence-electron chi connectivity index (χ1n) is 12.4. The van der Waals surface area contributed by atoms with E-state index >= 15 is 0 Å². The van der Waals surface area contributed by atoms with Gasteiger partial charge in [-0.15, -0.1) is 0 Å². The van der Waals surface area contributed by atoms with E-state index in [0.717, 1.165) is 5.56 Å². The van der Waals surface area contributed by atoms with Crippen molar-refractivity contribution in [2.24, 2.45) is 0 Å². The number of urea groups is 1. The molecule has 0 aliphatic rings. The third-order valence-electron chi connectivity index (χ3n) is 5.56.